The van der Waals surface area contributed by atoms with Crippen molar-refractivity contribution in [1.29, 1.82) is 0 Å². The summed E-state index contributed by atoms with van der Waals surface area (Å²) in [6.07, 6.45) is 21.4. The Balaban J connectivity index is 1.17. The average molecular weight is 427 g/mol. The smallest absolute Gasteiger partial charge is 0.0406 e. The summed E-state index contributed by atoms with van der Waals surface area (Å²) in [5.41, 5.74) is 1.46. The lowest BCUT2D eigenvalue weighted by Crippen LogP contribution is -2.29. The van der Waals surface area contributed by atoms with Crippen LogP contribution >= 0.6 is 11.6 Å². The zero-order valence-corrected chi connectivity index (χ0v) is 20.0. The van der Waals surface area contributed by atoms with E-state index in [1.54, 1.807) is 0 Å². The van der Waals surface area contributed by atoms with E-state index in [0.717, 1.165) is 40.5 Å². The Morgan fingerprint density at radius 2 is 1.20 bits per heavy atom. The Morgan fingerprint density at radius 3 is 1.67 bits per heavy atom. The fourth-order valence-corrected chi connectivity index (χ4v) is 7.39. The Labute approximate surface area is 190 Å². The van der Waals surface area contributed by atoms with E-state index in [1.807, 2.05) is 12.1 Å². The Bertz CT molecular complexity index is 637. The van der Waals surface area contributed by atoms with E-state index in [-0.39, 0.29) is 0 Å². The van der Waals surface area contributed by atoms with Crippen LogP contribution in [0.25, 0.3) is 0 Å². The van der Waals surface area contributed by atoms with E-state index < -0.39 is 0 Å². The minimum atomic E-state index is 0.662. The minimum Gasteiger partial charge on any atom is -0.103 e. The van der Waals surface area contributed by atoms with Gasteiger partial charge in [-0.25, -0.2) is 0 Å². The zero-order valence-electron chi connectivity index (χ0n) is 19.2. The summed E-state index contributed by atoms with van der Waals surface area (Å²) in [5, 5.41) is 0.852. The Kier molecular flexibility index (Phi) is 8.02. The van der Waals surface area contributed by atoms with Gasteiger partial charge >= 0.3 is 0 Å². The zero-order chi connectivity index (χ0) is 20.9. The molecule has 0 radical (unpaired) electrons. The normalized spacial score (nSPS) is 36.2. The van der Waals surface area contributed by atoms with Crippen molar-refractivity contribution in [2.75, 3.05) is 0 Å². The predicted octanol–water partition coefficient (Wildman–Crippen LogP) is 9.44. The highest BCUT2D eigenvalue weighted by molar-refractivity contribution is 6.30. The lowest BCUT2D eigenvalue weighted by molar-refractivity contribution is 0.106. The summed E-state index contributed by atoms with van der Waals surface area (Å²) in [7, 11) is 0. The van der Waals surface area contributed by atoms with Gasteiger partial charge in [-0.15, -0.1) is 6.58 Å². The van der Waals surface area contributed by atoms with Gasteiger partial charge in [-0.3, -0.25) is 0 Å². The summed E-state index contributed by atoms with van der Waals surface area (Å²) in [6, 6.07) is 8.54. The molecular formula is C29H43Cl. The van der Waals surface area contributed by atoms with Crippen LogP contribution in [0.3, 0.4) is 0 Å². The number of hydrogen-bond donors (Lipinski definition) is 0. The van der Waals surface area contributed by atoms with Gasteiger partial charge in [0.25, 0.3) is 0 Å². The lowest BCUT2D eigenvalue weighted by atomic mass is 9.64. The summed E-state index contributed by atoms with van der Waals surface area (Å²) in [6.45, 7) is 6.42. The number of rotatable bonds is 6. The summed E-state index contributed by atoms with van der Waals surface area (Å²) in [5.74, 6) is 6.56. The van der Waals surface area contributed by atoms with Crippen molar-refractivity contribution >= 4 is 11.6 Å². The molecule has 30 heavy (non-hydrogen) atoms. The van der Waals surface area contributed by atoms with Crippen molar-refractivity contribution in [2.24, 2.45) is 35.5 Å². The highest BCUT2D eigenvalue weighted by Crippen LogP contribution is 2.46. The lowest BCUT2D eigenvalue weighted by Gasteiger charge is -2.41. The van der Waals surface area contributed by atoms with Crippen molar-refractivity contribution < 1.29 is 0 Å². The first-order valence-electron chi connectivity index (χ1n) is 13.0. The molecule has 3 aliphatic rings. The van der Waals surface area contributed by atoms with E-state index in [4.69, 9.17) is 11.6 Å². The fourth-order valence-electron chi connectivity index (χ4n) is 7.26. The van der Waals surface area contributed by atoms with E-state index >= 15 is 0 Å². The van der Waals surface area contributed by atoms with Gasteiger partial charge < -0.3 is 0 Å². The Morgan fingerprint density at radius 1 is 0.767 bits per heavy atom. The van der Waals surface area contributed by atoms with Crippen molar-refractivity contribution in [2.45, 2.75) is 96.3 Å². The molecular weight excluding hydrogens is 384 g/mol. The molecule has 0 amide bonds. The molecule has 3 saturated carbocycles. The van der Waals surface area contributed by atoms with Gasteiger partial charge in [-0.1, -0.05) is 49.6 Å². The van der Waals surface area contributed by atoms with Crippen molar-refractivity contribution in [3.63, 3.8) is 0 Å². The highest BCUT2D eigenvalue weighted by atomic mass is 35.5. The summed E-state index contributed by atoms with van der Waals surface area (Å²) >= 11 is 6.06. The first-order valence-corrected chi connectivity index (χ1v) is 13.4. The largest absolute Gasteiger partial charge is 0.103 e. The number of halogens is 1. The third kappa shape index (κ3) is 5.73. The van der Waals surface area contributed by atoms with Crippen LogP contribution in [0.4, 0.5) is 0 Å². The molecule has 0 heterocycles. The average Bonchev–Trinajstić information content (AvgIpc) is 2.80. The fraction of sp³-hybridized carbons (Fsp3) is 0.724. The number of hydrogen-bond acceptors (Lipinski definition) is 0. The van der Waals surface area contributed by atoms with Crippen LogP contribution in [0, 0.1) is 35.5 Å². The second kappa shape index (κ2) is 10.7. The molecule has 3 aliphatic carbocycles. The molecule has 0 unspecified atom stereocenters. The van der Waals surface area contributed by atoms with Crippen LogP contribution in [0.2, 0.25) is 5.02 Å². The van der Waals surface area contributed by atoms with Gasteiger partial charge in [0.05, 0.1) is 0 Å². The molecule has 0 saturated heterocycles. The second-order valence-electron chi connectivity index (χ2n) is 11.1. The quantitative estimate of drug-likeness (QED) is 0.397. The van der Waals surface area contributed by atoms with Gasteiger partial charge in [-0.05, 0) is 130 Å². The Hall–Kier alpha value is -0.750. The molecule has 1 aromatic carbocycles. The molecule has 0 spiro atoms. The summed E-state index contributed by atoms with van der Waals surface area (Å²) < 4.78 is 0. The molecule has 0 aromatic heterocycles. The molecule has 0 bridgehead atoms. The van der Waals surface area contributed by atoms with Crippen LogP contribution in [-0.2, 0) is 0 Å². The maximum Gasteiger partial charge on any atom is 0.0406 e. The molecule has 166 valence electrons. The maximum absolute atomic E-state index is 6.06. The molecule has 0 aliphatic heterocycles. The van der Waals surface area contributed by atoms with Crippen LogP contribution < -0.4 is 0 Å². The first kappa shape index (κ1) is 22.4. The molecule has 0 N–H and O–H groups in total. The number of allylic oxidation sites excluding steroid dienone is 1. The summed E-state index contributed by atoms with van der Waals surface area (Å²) in [4.78, 5) is 0. The monoisotopic (exact) mass is 426 g/mol. The van der Waals surface area contributed by atoms with E-state index in [0.29, 0.717) is 5.92 Å². The van der Waals surface area contributed by atoms with E-state index in [1.165, 1.54) is 89.0 Å². The standard InChI is InChI=1S/C29H43Cl/c1-3-22-4-8-25(9-5-22)27-12-14-28(15-13-27)26-10-6-23(7-11-26)20-21(2)24-16-18-29(30)19-17-24/h3,16-19,21-23,25-28H,1,4-15,20H2,2H3/t21-,22?,23?,25?,26?,27?,28?/m1/s1. The SMILES string of the molecule is C=CC1CCC(C2CCC(C3CCC(C[C@@H](C)c4ccc(Cl)cc4)CC3)CC2)CC1. The molecule has 4 rings (SSSR count). The number of benzene rings is 1. The van der Waals surface area contributed by atoms with Gasteiger partial charge in [-0.2, -0.15) is 0 Å². The van der Waals surface area contributed by atoms with Gasteiger partial charge in [0.15, 0.2) is 0 Å². The van der Waals surface area contributed by atoms with Gasteiger partial charge in [0.1, 0.15) is 0 Å². The third-order valence-electron chi connectivity index (χ3n) is 9.32. The van der Waals surface area contributed by atoms with Crippen LogP contribution in [0.5, 0.6) is 0 Å². The van der Waals surface area contributed by atoms with Crippen molar-refractivity contribution in [3.8, 4) is 0 Å². The van der Waals surface area contributed by atoms with Crippen LogP contribution in [0.15, 0.2) is 36.9 Å². The van der Waals surface area contributed by atoms with Crippen molar-refractivity contribution in [1.82, 2.24) is 0 Å². The van der Waals surface area contributed by atoms with Crippen molar-refractivity contribution in [3.05, 3.63) is 47.5 Å². The maximum atomic E-state index is 6.06. The molecule has 1 atom stereocenters. The van der Waals surface area contributed by atoms with Crippen LogP contribution in [-0.4, -0.2) is 0 Å². The second-order valence-corrected chi connectivity index (χ2v) is 11.5. The van der Waals surface area contributed by atoms with E-state index in [2.05, 4.69) is 31.7 Å². The topological polar surface area (TPSA) is 0 Å². The molecule has 3 fully saturated rings. The minimum absolute atomic E-state index is 0.662. The molecule has 0 nitrogen and oxygen atoms in total. The van der Waals surface area contributed by atoms with Crippen LogP contribution in [0.1, 0.15) is 102 Å². The predicted molar refractivity (Wildman–Crippen MR) is 131 cm³/mol. The first-order chi connectivity index (χ1) is 14.6. The molecule has 1 aromatic rings. The molecule has 1 heteroatoms. The van der Waals surface area contributed by atoms with Gasteiger partial charge in [0.2, 0.25) is 0 Å². The van der Waals surface area contributed by atoms with Gasteiger partial charge in [0, 0.05) is 5.02 Å². The highest BCUT2D eigenvalue weighted by Gasteiger charge is 2.34. The van der Waals surface area contributed by atoms with E-state index in [9.17, 15) is 0 Å². The third-order valence-corrected chi connectivity index (χ3v) is 9.57.